The summed E-state index contributed by atoms with van der Waals surface area (Å²) >= 11 is 0. The Balaban J connectivity index is 2.07. The Hall–Kier alpha value is -0.820. The minimum Gasteiger partial charge on any atom is -0.330 e. The quantitative estimate of drug-likeness (QED) is 0.794. The summed E-state index contributed by atoms with van der Waals surface area (Å²) in [5, 5.41) is 0. The second-order valence-corrected chi connectivity index (χ2v) is 5.97. The van der Waals surface area contributed by atoms with Crippen molar-refractivity contribution in [2.75, 3.05) is 6.54 Å². The van der Waals surface area contributed by atoms with E-state index >= 15 is 0 Å². The lowest BCUT2D eigenvalue weighted by molar-refractivity contribution is 0.252. The molecule has 0 amide bonds. The average Bonchev–Trinajstić information content (AvgIpc) is 2.66. The van der Waals surface area contributed by atoms with E-state index in [1.807, 2.05) is 0 Å². The Labute approximate surface area is 112 Å². The van der Waals surface area contributed by atoms with Crippen LogP contribution < -0.4 is 5.73 Å². The van der Waals surface area contributed by atoms with Gasteiger partial charge in [0, 0.05) is 0 Å². The van der Waals surface area contributed by atoms with Crippen molar-refractivity contribution in [3.8, 4) is 0 Å². The fourth-order valence-corrected chi connectivity index (χ4v) is 3.26. The highest BCUT2D eigenvalue weighted by Crippen LogP contribution is 2.37. The molecule has 0 unspecified atom stereocenters. The molecule has 1 fully saturated rings. The lowest BCUT2D eigenvalue weighted by Gasteiger charge is -2.31. The maximum atomic E-state index is 6.11. The van der Waals surface area contributed by atoms with Crippen molar-refractivity contribution in [2.45, 2.75) is 58.3 Å². The molecule has 2 rings (SSSR count). The molecular weight excluding hydrogens is 218 g/mol. The number of benzene rings is 1. The number of hydrogen-bond acceptors (Lipinski definition) is 1. The summed E-state index contributed by atoms with van der Waals surface area (Å²) in [6.45, 7) is 3.06. The van der Waals surface area contributed by atoms with Gasteiger partial charge >= 0.3 is 0 Å². The standard InChI is InChI=1S/C17H27N/c1-2-15-7-9-16(10-8-15)13-17(14-18)11-5-3-4-6-12-17/h7-10H,2-6,11-14,18H2,1H3. The molecule has 1 saturated carbocycles. The zero-order valence-corrected chi connectivity index (χ0v) is 11.8. The Morgan fingerprint density at radius 1 is 0.944 bits per heavy atom. The first-order valence-corrected chi connectivity index (χ1v) is 7.56. The zero-order valence-electron chi connectivity index (χ0n) is 11.8. The zero-order chi connectivity index (χ0) is 12.8. The van der Waals surface area contributed by atoms with E-state index in [1.54, 1.807) is 0 Å². The summed E-state index contributed by atoms with van der Waals surface area (Å²) in [4.78, 5) is 0. The van der Waals surface area contributed by atoms with Crippen molar-refractivity contribution in [1.82, 2.24) is 0 Å². The van der Waals surface area contributed by atoms with E-state index in [2.05, 4.69) is 31.2 Å². The maximum Gasteiger partial charge on any atom is -0.00173 e. The second-order valence-electron chi connectivity index (χ2n) is 5.97. The minimum atomic E-state index is 0.379. The van der Waals surface area contributed by atoms with Gasteiger partial charge in [0.2, 0.25) is 0 Å². The summed E-state index contributed by atoms with van der Waals surface area (Å²) in [7, 11) is 0. The van der Waals surface area contributed by atoms with Crippen molar-refractivity contribution in [2.24, 2.45) is 11.1 Å². The van der Waals surface area contributed by atoms with E-state index < -0.39 is 0 Å². The van der Waals surface area contributed by atoms with E-state index in [1.165, 1.54) is 56.1 Å². The summed E-state index contributed by atoms with van der Waals surface area (Å²) < 4.78 is 0. The summed E-state index contributed by atoms with van der Waals surface area (Å²) in [5.41, 5.74) is 9.39. The third kappa shape index (κ3) is 3.35. The molecule has 0 saturated heterocycles. The summed E-state index contributed by atoms with van der Waals surface area (Å²) in [6, 6.07) is 9.16. The Morgan fingerprint density at radius 3 is 2.00 bits per heavy atom. The first kappa shape index (κ1) is 13.6. The first-order chi connectivity index (χ1) is 8.78. The van der Waals surface area contributed by atoms with Gasteiger partial charge in [-0.15, -0.1) is 0 Å². The minimum absolute atomic E-state index is 0.379. The normalized spacial score (nSPS) is 19.4. The van der Waals surface area contributed by atoms with Gasteiger partial charge in [-0.05, 0) is 48.8 Å². The van der Waals surface area contributed by atoms with Crippen LogP contribution in [0.1, 0.15) is 56.6 Å². The van der Waals surface area contributed by atoms with Crippen LogP contribution in [0.15, 0.2) is 24.3 Å². The van der Waals surface area contributed by atoms with E-state index in [0.29, 0.717) is 5.41 Å². The van der Waals surface area contributed by atoms with Crippen molar-refractivity contribution in [1.29, 1.82) is 0 Å². The molecular formula is C17H27N. The monoisotopic (exact) mass is 245 g/mol. The molecule has 1 aliphatic carbocycles. The van der Waals surface area contributed by atoms with Crippen LogP contribution in [0, 0.1) is 5.41 Å². The highest BCUT2D eigenvalue weighted by molar-refractivity contribution is 5.23. The molecule has 0 heterocycles. The van der Waals surface area contributed by atoms with Crippen LogP contribution in [0.4, 0.5) is 0 Å². The van der Waals surface area contributed by atoms with Crippen molar-refractivity contribution < 1.29 is 0 Å². The lowest BCUT2D eigenvalue weighted by Crippen LogP contribution is -2.32. The topological polar surface area (TPSA) is 26.0 Å². The molecule has 100 valence electrons. The SMILES string of the molecule is CCc1ccc(CC2(CN)CCCCCC2)cc1. The molecule has 1 aliphatic rings. The van der Waals surface area contributed by atoms with E-state index in [0.717, 1.165) is 13.0 Å². The van der Waals surface area contributed by atoms with Gasteiger partial charge in [-0.25, -0.2) is 0 Å². The van der Waals surface area contributed by atoms with Gasteiger partial charge in [0.15, 0.2) is 0 Å². The third-order valence-corrected chi connectivity index (χ3v) is 4.61. The van der Waals surface area contributed by atoms with E-state index in [4.69, 9.17) is 5.73 Å². The fourth-order valence-electron chi connectivity index (χ4n) is 3.26. The average molecular weight is 245 g/mol. The maximum absolute atomic E-state index is 6.11. The summed E-state index contributed by atoms with van der Waals surface area (Å²) in [6.07, 6.45) is 10.5. The van der Waals surface area contributed by atoms with Gasteiger partial charge in [-0.3, -0.25) is 0 Å². The van der Waals surface area contributed by atoms with E-state index in [-0.39, 0.29) is 0 Å². The molecule has 2 N–H and O–H groups in total. The number of hydrogen-bond donors (Lipinski definition) is 1. The van der Waals surface area contributed by atoms with Crippen LogP contribution in [0.5, 0.6) is 0 Å². The van der Waals surface area contributed by atoms with Crippen LogP contribution >= 0.6 is 0 Å². The molecule has 1 nitrogen and oxygen atoms in total. The molecule has 1 heteroatoms. The van der Waals surface area contributed by atoms with Crippen LogP contribution in [-0.2, 0) is 12.8 Å². The number of nitrogens with two attached hydrogens (primary N) is 1. The van der Waals surface area contributed by atoms with Gasteiger partial charge in [0.25, 0.3) is 0 Å². The Morgan fingerprint density at radius 2 is 1.50 bits per heavy atom. The lowest BCUT2D eigenvalue weighted by atomic mass is 9.75. The van der Waals surface area contributed by atoms with Gasteiger partial charge in [-0.1, -0.05) is 56.9 Å². The highest BCUT2D eigenvalue weighted by atomic mass is 14.6. The van der Waals surface area contributed by atoms with E-state index in [9.17, 15) is 0 Å². The Kier molecular flexibility index (Phi) is 4.82. The van der Waals surface area contributed by atoms with Crippen molar-refractivity contribution >= 4 is 0 Å². The molecule has 0 bridgehead atoms. The molecule has 0 radical (unpaired) electrons. The van der Waals surface area contributed by atoms with Gasteiger partial charge < -0.3 is 5.73 Å². The van der Waals surface area contributed by atoms with Gasteiger partial charge in [-0.2, -0.15) is 0 Å². The molecule has 0 spiro atoms. The second kappa shape index (κ2) is 6.38. The molecule has 1 aromatic rings. The predicted octanol–water partition coefficient (Wildman–Crippen LogP) is 4.09. The predicted molar refractivity (Wildman–Crippen MR) is 78.7 cm³/mol. The number of aryl methyl sites for hydroxylation is 1. The fraction of sp³-hybridized carbons (Fsp3) is 0.647. The van der Waals surface area contributed by atoms with Crippen LogP contribution in [0.25, 0.3) is 0 Å². The van der Waals surface area contributed by atoms with Gasteiger partial charge in [0.1, 0.15) is 0 Å². The molecule has 0 atom stereocenters. The molecule has 18 heavy (non-hydrogen) atoms. The third-order valence-electron chi connectivity index (χ3n) is 4.61. The van der Waals surface area contributed by atoms with Crippen LogP contribution in [-0.4, -0.2) is 6.54 Å². The van der Waals surface area contributed by atoms with Gasteiger partial charge in [0.05, 0.1) is 0 Å². The highest BCUT2D eigenvalue weighted by Gasteiger charge is 2.29. The van der Waals surface area contributed by atoms with Crippen LogP contribution in [0.2, 0.25) is 0 Å². The first-order valence-electron chi connectivity index (χ1n) is 7.56. The largest absolute Gasteiger partial charge is 0.330 e. The van der Waals surface area contributed by atoms with Crippen LogP contribution in [0.3, 0.4) is 0 Å². The molecule has 0 aromatic heterocycles. The molecule has 1 aromatic carbocycles. The van der Waals surface area contributed by atoms with Crippen molar-refractivity contribution in [3.63, 3.8) is 0 Å². The summed E-state index contributed by atoms with van der Waals surface area (Å²) in [5.74, 6) is 0. The smallest absolute Gasteiger partial charge is 0.00173 e. The molecule has 0 aliphatic heterocycles. The van der Waals surface area contributed by atoms with Crippen molar-refractivity contribution in [3.05, 3.63) is 35.4 Å². The number of rotatable bonds is 4. The Bertz CT molecular complexity index is 344.